The van der Waals surface area contributed by atoms with Crippen molar-refractivity contribution in [3.8, 4) is 5.75 Å². The predicted octanol–water partition coefficient (Wildman–Crippen LogP) is 4.07. The molecule has 22 heavy (non-hydrogen) atoms. The first-order chi connectivity index (χ1) is 10.0. The maximum Gasteiger partial charge on any atom is 0.124 e. The van der Waals surface area contributed by atoms with E-state index in [4.69, 9.17) is 10.5 Å². The largest absolute Gasteiger partial charge is 0.496 e. The normalized spacial score (nSPS) is 13.7. The Morgan fingerprint density at radius 3 is 2.41 bits per heavy atom. The number of ether oxygens (including phenoxy) is 1. The van der Waals surface area contributed by atoms with Crippen molar-refractivity contribution in [2.75, 3.05) is 7.11 Å². The molecule has 0 amide bonds. The number of hydrogen-bond donors (Lipinski definition) is 2. The van der Waals surface area contributed by atoms with Crippen molar-refractivity contribution in [2.24, 2.45) is 11.7 Å². The molecule has 0 spiro atoms. The minimum atomic E-state index is -0.563. The lowest BCUT2D eigenvalue weighted by Crippen LogP contribution is -2.27. The molecule has 2 aromatic carbocycles. The lowest BCUT2D eigenvalue weighted by molar-refractivity contribution is 0.127. The van der Waals surface area contributed by atoms with E-state index in [1.54, 1.807) is 7.11 Å². The highest BCUT2D eigenvalue weighted by molar-refractivity contribution is 5.88. The smallest absolute Gasteiger partial charge is 0.124 e. The summed E-state index contributed by atoms with van der Waals surface area (Å²) in [6, 6.07) is 11.6. The Balaban J connectivity index is 0.00000242. The van der Waals surface area contributed by atoms with Gasteiger partial charge in [0.2, 0.25) is 0 Å². The molecular weight excluding hydrogens is 298 g/mol. The molecule has 2 atom stereocenters. The Labute approximate surface area is 138 Å². The van der Waals surface area contributed by atoms with Crippen LogP contribution < -0.4 is 10.5 Å². The summed E-state index contributed by atoms with van der Waals surface area (Å²) in [5.74, 6) is 1.30. The molecule has 0 radical (unpaired) electrons. The van der Waals surface area contributed by atoms with Crippen molar-refractivity contribution in [3.05, 3.63) is 42.0 Å². The monoisotopic (exact) mass is 323 g/mol. The summed E-state index contributed by atoms with van der Waals surface area (Å²) in [5, 5.41) is 12.6. The molecule has 2 aromatic rings. The van der Waals surface area contributed by atoms with E-state index in [0.717, 1.165) is 28.5 Å². The van der Waals surface area contributed by atoms with Gasteiger partial charge in [0, 0.05) is 5.56 Å². The second-order valence-corrected chi connectivity index (χ2v) is 5.97. The Hall–Kier alpha value is -1.29. The van der Waals surface area contributed by atoms with Crippen LogP contribution in [0.3, 0.4) is 0 Å². The van der Waals surface area contributed by atoms with E-state index >= 15 is 0 Å². The number of aliphatic hydroxyl groups is 1. The summed E-state index contributed by atoms with van der Waals surface area (Å²) in [6.07, 6.45) is 1.10. The van der Waals surface area contributed by atoms with Gasteiger partial charge >= 0.3 is 0 Å². The summed E-state index contributed by atoms with van der Waals surface area (Å²) in [4.78, 5) is 0. The van der Waals surface area contributed by atoms with Crippen LogP contribution in [-0.4, -0.2) is 18.3 Å². The quantitative estimate of drug-likeness (QED) is 0.842. The number of methoxy groups -OCH3 is 1. The molecule has 0 heterocycles. The second kappa shape index (κ2) is 8.37. The molecule has 0 aromatic heterocycles. The molecule has 4 heteroatoms. The van der Waals surface area contributed by atoms with E-state index in [9.17, 15) is 5.11 Å². The molecule has 0 bridgehead atoms. The average molecular weight is 324 g/mol. The lowest BCUT2D eigenvalue weighted by Gasteiger charge is -2.23. The number of fused-ring (bicyclic) bond motifs is 1. The van der Waals surface area contributed by atoms with Gasteiger partial charge in [0.05, 0.1) is 19.3 Å². The van der Waals surface area contributed by atoms with Gasteiger partial charge in [0.1, 0.15) is 5.75 Å². The zero-order valence-corrected chi connectivity index (χ0v) is 14.3. The first-order valence-electron chi connectivity index (χ1n) is 7.54. The molecule has 3 N–H and O–H groups in total. The molecular formula is C18H26ClNO2. The van der Waals surface area contributed by atoms with Crippen molar-refractivity contribution in [1.82, 2.24) is 0 Å². The minimum absolute atomic E-state index is 0. The van der Waals surface area contributed by atoms with Gasteiger partial charge < -0.3 is 15.6 Å². The van der Waals surface area contributed by atoms with E-state index in [1.165, 1.54) is 0 Å². The SMILES string of the molecule is COc1ccc2ccccc2c1[C@@H](N)[C@@H](O)CCC(C)C.Cl. The molecule has 3 nitrogen and oxygen atoms in total. The summed E-state index contributed by atoms with van der Waals surface area (Å²) in [6.45, 7) is 4.30. The van der Waals surface area contributed by atoms with Crippen LogP contribution in [-0.2, 0) is 0 Å². The van der Waals surface area contributed by atoms with Crippen LogP contribution in [0.25, 0.3) is 10.8 Å². The van der Waals surface area contributed by atoms with Crippen molar-refractivity contribution in [3.63, 3.8) is 0 Å². The van der Waals surface area contributed by atoms with Crippen molar-refractivity contribution < 1.29 is 9.84 Å². The zero-order chi connectivity index (χ0) is 15.4. The first kappa shape index (κ1) is 18.8. The van der Waals surface area contributed by atoms with Crippen molar-refractivity contribution >= 4 is 23.2 Å². The van der Waals surface area contributed by atoms with E-state index in [2.05, 4.69) is 13.8 Å². The lowest BCUT2D eigenvalue weighted by atomic mass is 9.91. The Bertz CT molecular complexity index is 601. The maximum absolute atomic E-state index is 10.4. The molecule has 0 saturated carbocycles. The Kier molecular flexibility index (Phi) is 7.14. The zero-order valence-electron chi connectivity index (χ0n) is 13.5. The number of halogens is 1. The van der Waals surface area contributed by atoms with Crippen LogP contribution in [0.2, 0.25) is 0 Å². The van der Waals surface area contributed by atoms with Crippen molar-refractivity contribution in [2.45, 2.75) is 38.8 Å². The van der Waals surface area contributed by atoms with E-state index in [-0.39, 0.29) is 12.4 Å². The molecule has 0 fully saturated rings. The fraction of sp³-hybridized carbons (Fsp3) is 0.444. The molecule has 2 rings (SSSR count). The van der Waals surface area contributed by atoms with E-state index < -0.39 is 12.1 Å². The standard InChI is InChI=1S/C18H25NO2.ClH/c1-12(2)8-10-15(20)18(19)17-14-7-5-4-6-13(14)9-11-16(17)21-3;/h4-7,9,11-12,15,18,20H,8,10,19H2,1-3H3;1H/t15-,18-;/m0./s1. The van der Waals surface area contributed by atoms with Crippen LogP contribution >= 0.6 is 12.4 Å². The molecule has 0 aliphatic heterocycles. The van der Waals surface area contributed by atoms with Crippen LogP contribution in [0, 0.1) is 5.92 Å². The molecule has 0 aliphatic rings. The van der Waals surface area contributed by atoms with Gasteiger partial charge in [-0.15, -0.1) is 12.4 Å². The molecule has 0 aliphatic carbocycles. The summed E-state index contributed by atoms with van der Waals surface area (Å²) in [5.41, 5.74) is 7.23. The van der Waals surface area contributed by atoms with Crippen LogP contribution in [0.4, 0.5) is 0 Å². The highest BCUT2D eigenvalue weighted by Gasteiger charge is 2.22. The number of aliphatic hydroxyl groups excluding tert-OH is 1. The minimum Gasteiger partial charge on any atom is -0.496 e. The van der Waals surface area contributed by atoms with Crippen LogP contribution in [0.5, 0.6) is 5.75 Å². The van der Waals surface area contributed by atoms with Gasteiger partial charge in [-0.1, -0.05) is 44.2 Å². The average Bonchev–Trinajstić information content (AvgIpc) is 2.50. The third-order valence-electron chi connectivity index (χ3n) is 3.94. The number of rotatable bonds is 6. The summed E-state index contributed by atoms with van der Waals surface area (Å²) >= 11 is 0. The third-order valence-corrected chi connectivity index (χ3v) is 3.94. The van der Waals surface area contributed by atoms with E-state index in [0.29, 0.717) is 12.3 Å². The number of benzene rings is 2. The van der Waals surface area contributed by atoms with Gasteiger partial charge in [-0.05, 0) is 35.6 Å². The third kappa shape index (κ3) is 4.13. The van der Waals surface area contributed by atoms with Crippen molar-refractivity contribution in [1.29, 1.82) is 0 Å². The number of nitrogens with two attached hydrogens (primary N) is 1. The fourth-order valence-electron chi connectivity index (χ4n) is 2.67. The second-order valence-electron chi connectivity index (χ2n) is 5.97. The summed E-state index contributed by atoms with van der Waals surface area (Å²) < 4.78 is 5.46. The maximum atomic E-state index is 10.4. The van der Waals surface area contributed by atoms with E-state index in [1.807, 2.05) is 36.4 Å². The highest BCUT2D eigenvalue weighted by atomic mass is 35.5. The van der Waals surface area contributed by atoms with Gasteiger partial charge in [-0.3, -0.25) is 0 Å². The van der Waals surface area contributed by atoms with Gasteiger partial charge in [0.25, 0.3) is 0 Å². The predicted molar refractivity (Wildman–Crippen MR) is 94.8 cm³/mol. The first-order valence-corrected chi connectivity index (χ1v) is 7.54. The Morgan fingerprint density at radius 2 is 1.77 bits per heavy atom. The van der Waals surface area contributed by atoms with Gasteiger partial charge in [-0.25, -0.2) is 0 Å². The Morgan fingerprint density at radius 1 is 1.09 bits per heavy atom. The van der Waals surface area contributed by atoms with Crippen LogP contribution in [0.15, 0.2) is 36.4 Å². The van der Waals surface area contributed by atoms with Gasteiger partial charge in [-0.2, -0.15) is 0 Å². The fourth-order valence-corrected chi connectivity index (χ4v) is 2.67. The highest BCUT2D eigenvalue weighted by Crippen LogP contribution is 2.34. The summed E-state index contributed by atoms with van der Waals surface area (Å²) in [7, 11) is 1.64. The molecule has 0 saturated heterocycles. The van der Waals surface area contributed by atoms with Crippen LogP contribution in [0.1, 0.15) is 38.3 Å². The molecule has 0 unspecified atom stereocenters. The molecule has 122 valence electrons. The number of hydrogen-bond acceptors (Lipinski definition) is 3. The van der Waals surface area contributed by atoms with Gasteiger partial charge in [0.15, 0.2) is 0 Å². The topological polar surface area (TPSA) is 55.5 Å².